The van der Waals surface area contributed by atoms with Gasteiger partial charge >= 0.3 is 5.97 Å². The van der Waals surface area contributed by atoms with Crippen molar-refractivity contribution in [2.75, 3.05) is 11.9 Å². The van der Waals surface area contributed by atoms with E-state index < -0.39 is 23.8 Å². The summed E-state index contributed by atoms with van der Waals surface area (Å²) in [6, 6.07) is 5.36. The van der Waals surface area contributed by atoms with E-state index in [-0.39, 0.29) is 42.3 Å². The Balaban J connectivity index is 1.48. The molecule has 1 aromatic rings. The zero-order valence-electron chi connectivity index (χ0n) is 15.7. The molecular formula is C20H23FN2O5. The first-order valence-corrected chi connectivity index (χ1v) is 9.48. The molecule has 3 rings (SSSR count). The molecule has 8 heteroatoms. The van der Waals surface area contributed by atoms with E-state index in [9.17, 15) is 23.6 Å². The highest BCUT2D eigenvalue weighted by Crippen LogP contribution is 2.37. The third-order valence-corrected chi connectivity index (χ3v) is 5.24. The van der Waals surface area contributed by atoms with Crippen molar-refractivity contribution in [3.8, 4) is 0 Å². The number of likely N-dealkylation sites (tertiary alicyclic amines) is 1. The highest BCUT2D eigenvalue weighted by atomic mass is 19.1. The molecule has 0 aromatic heterocycles. The number of hydrogen-bond donors (Lipinski definition) is 1. The number of carbonyl (C=O) groups excluding carboxylic acids is 4. The van der Waals surface area contributed by atoms with E-state index in [0.29, 0.717) is 12.8 Å². The van der Waals surface area contributed by atoms with E-state index in [2.05, 4.69) is 5.32 Å². The van der Waals surface area contributed by atoms with Crippen LogP contribution in [0.2, 0.25) is 0 Å². The van der Waals surface area contributed by atoms with Crippen molar-refractivity contribution in [1.82, 2.24) is 4.90 Å². The van der Waals surface area contributed by atoms with E-state index in [1.54, 1.807) is 0 Å². The lowest BCUT2D eigenvalue weighted by Crippen LogP contribution is -2.35. The van der Waals surface area contributed by atoms with Crippen molar-refractivity contribution >= 4 is 29.4 Å². The third kappa shape index (κ3) is 4.37. The number of rotatable bonds is 6. The first-order valence-electron chi connectivity index (χ1n) is 9.48. The number of carbonyl (C=O) groups is 4. The molecule has 0 spiro atoms. The predicted molar refractivity (Wildman–Crippen MR) is 97.4 cm³/mol. The minimum atomic E-state index is -1.09. The van der Waals surface area contributed by atoms with E-state index in [1.165, 1.54) is 25.1 Å². The molecule has 2 aliphatic rings. The molecule has 0 unspecified atom stereocenters. The summed E-state index contributed by atoms with van der Waals surface area (Å²) in [6.07, 6.45) is 2.04. The summed E-state index contributed by atoms with van der Waals surface area (Å²) < 4.78 is 18.2. The number of nitrogens with zero attached hydrogens (tertiary/aromatic N) is 1. The highest BCUT2D eigenvalue weighted by Gasteiger charge is 2.47. The second-order valence-corrected chi connectivity index (χ2v) is 7.21. The van der Waals surface area contributed by atoms with Crippen LogP contribution in [-0.2, 0) is 23.9 Å². The Labute approximate surface area is 162 Å². The van der Waals surface area contributed by atoms with Gasteiger partial charge in [-0.15, -0.1) is 0 Å². The minimum absolute atomic E-state index is 0.0399. The molecule has 150 valence electrons. The lowest BCUT2D eigenvalue weighted by Gasteiger charge is -2.19. The zero-order valence-corrected chi connectivity index (χ0v) is 15.7. The monoisotopic (exact) mass is 390 g/mol. The van der Waals surface area contributed by atoms with Crippen LogP contribution in [0.4, 0.5) is 10.1 Å². The van der Waals surface area contributed by atoms with Crippen molar-refractivity contribution in [2.24, 2.45) is 11.8 Å². The van der Waals surface area contributed by atoms with Crippen molar-refractivity contribution in [2.45, 2.75) is 45.1 Å². The van der Waals surface area contributed by atoms with Gasteiger partial charge in [-0.2, -0.15) is 0 Å². The Morgan fingerprint density at radius 2 is 1.86 bits per heavy atom. The topological polar surface area (TPSA) is 92.8 Å². The van der Waals surface area contributed by atoms with Crippen LogP contribution in [-0.4, -0.2) is 41.2 Å². The summed E-state index contributed by atoms with van der Waals surface area (Å²) >= 11 is 0. The smallest absolute Gasteiger partial charge is 0.308 e. The number of fused-ring (bicyclic) bond motifs is 1. The van der Waals surface area contributed by atoms with Gasteiger partial charge in [0.1, 0.15) is 5.82 Å². The number of benzene rings is 1. The summed E-state index contributed by atoms with van der Waals surface area (Å²) in [5.74, 6) is -2.71. The maximum Gasteiger partial charge on any atom is 0.308 e. The average Bonchev–Trinajstić information content (AvgIpc) is 2.91. The Bertz CT molecular complexity index is 773. The maximum atomic E-state index is 13.2. The molecule has 1 saturated carbocycles. The molecule has 28 heavy (non-hydrogen) atoms. The van der Waals surface area contributed by atoms with Crippen molar-refractivity contribution in [3.05, 3.63) is 30.1 Å². The second-order valence-electron chi connectivity index (χ2n) is 7.21. The largest absolute Gasteiger partial charge is 0.452 e. The molecule has 1 aliphatic carbocycles. The van der Waals surface area contributed by atoms with Gasteiger partial charge < -0.3 is 10.1 Å². The zero-order chi connectivity index (χ0) is 20.3. The molecule has 1 heterocycles. The summed E-state index contributed by atoms with van der Waals surface area (Å²) in [4.78, 5) is 50.0. The summed E-state index contributed by atoms with van der Waals surface area (Å²) in [5.41, 5.74) is 0.253. The molecule has 1 saturated heterocycles. The minimum Gasteiger partial charge on any atom is -0.452 e. The summed E-state index contributed by atoms with van der Waals surface area (Å²) in [7, 11) is 0. The molecule has 1 aromatic carbocycles. The lowest BCUT2D eigenvalue weighted by molar-refractivity contribution is -0.154. The summed E-state index contributed by atoms with van der Waals surface area (Å²) in [5, 5.41) is 2.46. The van der Waals surface area contributed by atoms with Crippen LogP contribution in [0, 0.1) is 17.7 Å². The van der Waals surface area contributed by atoms with Crippen molar-refractivity contribution < 1.29 is 28.3 Å². The molecule has 7 nitrogen and oxygen atoms in total. The molecule has 1 aliphatic heterocycles. The van der Waals surface area contributed by atoms with E-state index in [0.717, 1.165) is 23.8 Å². The van der Waals surface area contributed by atoms with Crippen molar-refractivity contribution in [1.29, 1.82) is 0 Å². The number of halogens is 1. The maximum absolute atomic E-state index is 13.2. The second kappa shape index (κ2) is 8.50. The first kappa shape index (κ1) is 20.0. The normalized spacial score (nSPS) is 22.6. The van der Waals surface area contributed by atoms with Crippen LogP contribution >= 0.6 is 0 Å². The van der Waals surface area contributed by atoms with Gasteiger partial charge in [0.05, 0.1) is 18.3 Å². The fourth-order valence-corrected chi connectivity index (χ4v) is 3.77. The number of imide groups is 1. The van der Waals surface area contributed by atoms with Gasteiger partial charge in [0.15, 0.2) is 6.10 Å². The molecule has 2 fully saturated rings. The fraction of sp³-hybridized carbons (Fsp3) is 0.500. The standard InChI is InChI=1S/C20H23FN2O5/c1-12(18(25)22-14-6-4-5-13(21)11-14)28-17(24)9-10-23-19(26)15-7-2-3-8-16(15)20(23)27/h4-6,11-12,15-16H,2-3,7-10H2,1H3,(H,22,25)/t12-,15+,16+/m1/s1. The molecule has 0 radical (unpaired) electrons. The third-order valence-electron chi connectivity index (χ3n) is 5.24. The van der Waals surface area contributed by atoms with Gasteiger partial charge in [-0.25, -0.2) is 4.39 Å². The average molecular weight is 390 g/mol. The number of ether oxygens (including phenoxy) is 1. The van der Waals surface area contributed by atoms with E-state index in [1.807, 2.05) is 0 Å². The van der Waals surface area contributed by atoms with Gasteiger partial charge in [-0.1, -0.05) is 18.9 Å². The molecule has 0 bridgehead atoms. The van der Waals surface area contributed by atoms with Gasteiger partial charge in [-0.3, -0.25) is 24.1 Å². The quantitative estimate of drug-likeness (QED) is 0.594. The van der Waals surface area contributed by atoms with Crippen LogP contribution in [0.1, 0.15) is 39.0 Å². The fourth-order valence-electron chi connectivity index (χ4n) is 3.77. The van der Waals surface area contributed by atoms with Crippen LogP contribution in [0.15, 0.2) is 24.3 Å². The first-order chi connectivity index (χ1) is 13.4. The molecule has 1 N–H and O–H groups in total. The van der Waals surface area contributed by atoms with E-state index in [4.69, 9.17) is 4.74 Å². The highest BCUT2D eigenvalue weighted by molar-refractivity contribution is 6.05. The number of amides is 3. The Morgan fingerprint density at radius 1 is 1.21 bits per heavy atom. The van der Waals surface area contributed by atoms with Gasteiger partial charge in [-0.05, 0) is 38.0 Å². The number of esters is 1. The summed E-state index contributed by atoms with van der Waals surface area (Å²) in [6.45, 7) is 1.36. The Hall–Kier alpha value is -2.77. The predicted octanol–water partition coefficient (Wildman–Crippen LogP) is 2.26. The molecular weight excluding hydrogens is 367 g/mol. The van der Waals surface area contributed by atoms with Gasteiger partial charge in [0, 0.05) is 12.2 Å². The molecule has 3 atom stereocenters. The number of nitrogens with one attached hydrogen (secondary N) is 1. The van der Waals surface area contributed by atoms with Crippen molar-refractivity contribution in [3.63, 3.8) is 0 Å². The van der Waals surface area contributed by atoms with Gasteiger partial charge in [0.25, 0.3) is 5.91 Å². The van der Waals surface area contributed by atoms with Crippen LogP contribution < -0.4 is 5.32 Å². The number of anilines is 1. The van der Waals surface area contributed by atoms with Gasteiger partial charge in [0.2, 0.25) is 11.8 Å². The number of hydrogen-bond acceptors (Lipinski definition) is 5. The Kier molecular flexibility index (Phi) is 6.06. The lowest BCUT2D eigenvalue weighted by atomic mass is 9.81. The van der Waals surface area contributed by atoms with Crippen LogP contribution in [0.5, 0.6) is 0 Å². The SMILES string of the molecule is C[C@@H](OC(=O)CCN1C(=O)[C@H]2CCCC[C@@H]2C1=O)C(=O)Nc1cccc(F)c1. The Morgan fingerprint density at radius 3 is 2.46 bits per heavy atom. The molecule has 3 amide bonds. The van der Waals surface area contributed by atoms with Crippen LogP contribution in [0.3, 0.4) is 0 Å². The van der Waals surface area contributed by atoms with E-state index >= 15 is 0 Å². The van der Waals surface area contributed by atoms with Crippen LogP contribution in [0.25, 0.3) is 0 Å².